The van der Waals surface area contributed by atoms with E-state index in [0.29, 0.717) is 11.0 Å². The number of halogens is 1. The molecule has 0 fully saturated rings. The maximum absolute atomic E-state index is 12.5. The lowest BCUT2D eigenvalue weighted by atomic mass is 10.2. The number of nitro benzene ring substituents is 1. The summed E-state index contributed by atoms with van der Waals surface area (Å²) in [6, 6.07) is 10.9. The average Bonchev–Trinajstić information content (AvgIpc) is 2.90. The second kappa shape index (κ2) is 4.99. The van der Waals surface area contributed by atoms with Crippen molar-refractivity contribution < 1.29 is 9.72 Å². The number of para-hydroxylation sites is 2. The lowest BCUT2D eigenvalue weighted by molar-refractivity contribution is -0.384. The first-order valence-electron chi connectivity index (χ1n) is 5.98. The van der Waals surface area contributed by atoms with Crippen molar-refractivity contribution in [2.45, 2.75) is 0 Å². The van der Waals surface area contributed by atoms with Crippen LogP contribution >= 0.6 is 11.6 Å². The highest BCUT2D eigenvalue weighted by Gasteiger charge is 2.18. The van der Waals surface area contributed by atoms with Gasteiger partial charge in [0.2, 0.25) is 0 Å². The molecule has 3 rings (SSSR count). The van der Waals surface area contributed by atoms with Crippen molar-refractivity contribution in [3.8, 4) is 0 Å². The fourth-order valence-electron chi connectivity index (χ4n) is 2.04. The number of carbonyl (C=O) groups is 1. The second-order valence-corrected chi connectivity index (χ2v) is 4.74. The molecule has 0 aliphatic heterocycles. The Hall–Kier alpha value is -2.73. The quantitative estimate of drug-likeness (QED) is 0.537. The molecule has 0 saturated carbocycles. The first kappa shape index (κ1) is 13.3. The monoisotopic (exact) mass is 301 g/mol. The van der Waals surface area contributed by atoms with Crippen molar-refractivity contribution >= 4 is 34.2 Å². The second-order valence-electron chi connectivity index (χ2n) is 4.33. The number of nitro groups is 1. The molecule has 0 bridgehead atoms. The van der Waals surface area contributed by atoms with Crippen LogP contribution < -0.4 is 0 Å². The van der Waals surface area contributed by atoms with Crippen LogP contribution in [0.1, 0.15) is 10.4 Å². The van der Waals surface area contributed by atoms with Crippen LogP contribution in [0.15, 0.2) is 48.8 Å². The van der Waals surface area contributed by atoms with E-state index in [9.17, 15) is 14.9 Å². The number of hydrogen-bond acceptors (Lipinski definition) is 4. The van der Waals surface area contributed by atoms with E-state index in [0.717, 1.165) is 6.07 Å². The van der Waals surface area contributed by atoms with E-state index < -0.39 is 4.92 Å². The zero-order valence-corrected chi connectivity index (χ0v) is 11.3. The van der Waals surface area contributed by atoms with Gasteiger partial charge in [-0.25, -0.2) is 4.98 Å². The van der Waals surface area contributed by atoms with E-state index in [1.54, 1.807) is 18.2 Å². The Balaban J connectivity index is 2.08. The predicted octanol–water partition coefficient (Wildman–Crippen LogP) is 3.29. The molecule has 0 radical (unpaired) electrons. The highest BCUT2D eigenvalue weighted by atomic mass is 35.5. The van der Waals surface area contributed by atoms with Crippen molar-refractivity contribution in [2.75, 3.05) is 0 Å². The lowest BCUT2D eigenvalue weighted by Gasteiger charge is -2.05. The third-order valence-corrected chi connectivity index (χ3v) is 3.38. The molecule has 6 nitrogen and oxygen atoms in total. The normalized spacial score (nSPS) is 10.7. The number of benzene rings is 2. The van der Waals surface area contributed by atoms with Crippen LogP contribution in [0, 0.1) is 10.1 Å². The van der Waals surface area contributed by atoms with Crippen LogP contribution in [0.25, 0.3) is 11.0 Å². The molecule has 0 aliphatic carbocycles. The Bertz CT molecular complexity index is 873. The van der Waals surface area contributed by atoms with Crippen LogP contribution in [0.3, 0.4) is 0 Å². The number of hydrogen-bond donors (Lipinski definition) is 0. The van der Waals surface area contributed by atoms with Gasteiger partial charge in [-0.15, -0.1) is 0 Å². The van der Waals surface area contributed by atoms with Gasteiger partial charge in [0.25, 0.3) is 11.6 Å². The summed E-state index contributed by atoms with van der Waals surface area (Å²) in [5.41, 5.74) is 1.36. The van der Waals surface area contributed by atoms with Crippen LogP contribution in [-0.2, 0) is 0 Å². The third kappa shape index (κ3) is 2.25. The Morgan fingerprint density at radius 2 is 2.00 bits per heavy atom. The third-order valence-electron chi connectivity index (χ3n) is 3.07. The fraction of sp³-hybridized carbons (Fsp3) is 0. The van der Waals surface area contributed by atoms with Gasteiger partial charge in [-0.2, -0.15) is 0 Å². The summed E-state index contributed by atoms with van der Waals surface area (Å²) in [5, 5.41) is 10.7. The molecule has 1 aromatic heterocycles. The first-order chi connectivity index (χ1) is 10.1. The first-order valence-corrected chi connectivity index (χ1v) is 6.36. The van der Waals surface area contributed by atoms with Crippen molar-refractivity contribution in [1.82, 2.24) is 9.55 Å². The Morgan fingerprint density at radius 1 is 1.24 bits per heavy atom. The van der Waals surface area contributed by atoms with Crippen molar-refractivity contribution in [1.29, 1.82) is 0 Å². The lowest BCUT2D eigenvalue weighted by Crippen LogP contribution is -2.11. The van der Waals surface area contributed by atoms with E-state index in [4.69, 9.17) is 11.6 Å². The van der Waals surface area contributed by atoms with E-state index in [2.05, 4.69) is 4.98 Å². The molecule has 0 spiro atoms. The van der Waals surface area contributed by atoms with E-state index >= 15 is 0 Å². The Labute approximate surface area is 123 Å². The smallest absolute Gasteiger partial charge is 0.268 e. The molecule has 0 unspecified atom stereocenters. The maximum atomic E-state index is 12.5. The van der Waals surface area contributed by atoms with E-state index in [1.165, 1.54) is 23.0 Å². The topological polar surface area (TPSA) is 78.0 Å². The Kier molecular flexibility index (Phi) is 3.15. The minimum Gasteiger partial charge on any atom is -0.268 e. The summed E-state index contributed by atoms with van der Waals surface area (Å²) < 4.78 is 1.36. The fourth-order valence-corrected chi connectivity index (χ4v) is 2.30. The number of carbonyl (C=O) groups excluding carboxylic acids is 1. The van der Waals surface area contributed by atoms with Gasteiger partial charge in [-0.3, -0.25) is 19.5 Å². The van der Waals surface area contributed by atoms with Crippen molar-refractivity contribution in [3.63, 3.8) is 0 Å². The average molecular weight is 302 g/mol. The van der Waals surface area contributed by atoms with Crippen LogP contribution in [-0.4, -0.2) is 20.4 Å². The van der Waals surface area contributed by atoms with Gasteiger partial charge in [-0.05, 0) is 18.2 Å². The Morgan fingerprint density at radius 3 is 2.71 bits per heavy atom. The van der Waals surface area contributed by atoms with Gasteiger partial charge in [0, 0.05) is 12.1 Å². The van der Waals surface area contributed by atoms with Gasteiger partial charge in [-0.1, -0.05) is 23.7 Å². The van der Waals surface area contributed by atoms with Gasteiger partial charge >= 0.3 is 0 Å². The summed E-state index contributed by atoms with van der Waals surface area (Å²) in [6.45, 7) is 0. The standard InChI is InChI=1S/C14H8ClN3O3/c15-11-7-9(18(20)21)5-6-10(11)14(19)17-8-16-12-3-1-2-4-13(12)17/h1-8H. The zero-order valence-electron chi connectivity index (χ0n) is 10.6. The number of non-ortho nitro benzene ring substituents is 1. The minimum atomic E-state index is -0.563. The van der Waals surface area contributed by atoms with Crippen molar-refractivity contribution in [2.24, 2.45) is 0 Å². The number of fused-ring (bicyclic) bond motifs is 1. The summed E-state index contributed by atoms with van der Waals surface area (Å²) in [5.74, 6) is -0.386. The van der Waals surface area contributed by atoms with Gasteiger partial charge in [0.1, 0.15) is 6.33 Å². The molecule has 0 atom stereocenters. The van der Waals surface area contributed by atoms with E-state index in [-0.39, 0.29) is 22.2 Å². The van der Waals surface area contributed by atoms with E-state index in [1.807, 2.05) is 6.07 Å². The predicted molar refractivity (Wildman–Crippen MR) is 77.6 cm³/mol. The van der Waals surface area contributed by atoms with Gasteiger partial charge in [0.05, 0.1) is 26.5 Å². The number of rotatable bonds is 2. The molecule has 104 valence electrons. The summed E-state index contributed by atoms with van der Waals surface area (Å²) in [7, 11) is 0. The van der Waals surface area contributed by atoms with Crippen LogP contribution in [0.2, 0.25) is 5.02 Å². The molecule has 0 amide bonds. The molecular formula is C14H8ClN3O3. The summed E-state index contributed by atoms with van der Waals surface area (Å²) in [6.07, 6.45) is 1.41. The van der Waals surface area contributed by atoms with Crippen molar-refractivity contribution in [3.05, 3.63) is 69.5 Å². The molecule has 2 aromatic carbocycles. The molecule has 0 N–H and O–H groups in total. The number of aromatic nitrogens is 2. The number of nitrogens with zero attached hydrogens (tertiary/aromatic N) is 3. The molecule has 0 saturated heterocycles. The molecular weight excluding hydrogens is 294 g/mol. The molecule has 7 heteroatoms. The highest BCUT2D eigenvalue weighted by Crippen LogP contribution is 2.24. The molecule has 3 aromatic rings. The van der Waals surface area contributed by atoms with Gasteiger partial charge in [0.15, 0.2) is 0 Å². The largest absolute Gasteiger partial charge is 0.270 e. The van der Waals surface area contributed by atoms with Gasteiger partial charge < -0.3 is 0 Å². The molecule has 21 heavy (non-hydrogen) atoms. The van der Waals surface area contributed by atoms with Crippen LogP contribution in [0.4, 0.5) is 5.69 Å². The summed E-state index contributed by atoms with van der Waals surface area (Å²) >= 11 is 5.98. The number of imidazole rings is 1. The minimum absolute atomic E-state index is 0.0342. The zero-order chi connectivity index (χ0) is 15.0. The highest BCUT2D eigenvalue weighted by molar-refractivity contribution is 6.34. The maximum Gasteiger partial charge on any atom is 0.270 e. The molecule has 0 aliphatic rings. The van der Waals surface area contributed by atoms with Crippen LogP contribution in [0.5, 0.6) is 0 Å². The summed E-state index contributed by atoms with van der Waals surface area (Å²) in [4.78, 5) is 26.7. The molecule has 1 heterocycles. The SMILES string of the molecule is O=C(c1ccc([N+](=O)[O-])cc1Cl)n1cnc2ccccc21.